The van der Waals surface area contributed by atoms with E-state index in [2.05, 4.69) is 9.89 Å². The first-order valence-electron chi connectivity index (χ1n) is 5.82. The van der Waals surface area contributed by atoms with Crippen molar-refractivity contribution in [2.24, 2.45) is 5.16 Å². The second-order valence-corrected chi connectivity index (χ2v) is 4.49. The predicted octanol–water partition coefficient (Wildman–Crippen LogP) is 3.72. The van der Waals surface area contributed by atoms with Crippen molar-refractivity contribution in [3.8, 4) is 5.75 Å². The van der Waals surface area contributed by atoms with E-state index in [0.717, 1.165) is 0 Å². The Hall–Kier alpha value is -2.00. The minimum absolute atomic E-state index is 0.423. The molecule has 1 aliphatic carbocycles. The van der Waals surface area contributed by atoms with Crippen molar-refractivity contribution < 1.29 is 40.7 Å². The van der Waals surface area contributed by atoms with Crippen molar-refractivity contribution in [1.29, 1.82) is 0 Å². The van der Waals surface area contributed by atoms with E-state index in [1.807, 2.05) is 0 Å². The number of hydrogen-bond acceptors (Lipinski definition) is 3. The molecule has 0 heterocycles. The summed E-state index contributed by atoms with van der Waals surface area (Å²) >= 11 is 0. The topological polar surface area (TPSA) is 41.8 Å². The summed E-state index contributed by atoms with van der Waals surface area (Å²) in [6, 6.07) is 1.12. The third kappa shape index (κ3) is 2.81. The van der Waals surface area contributed by atoms with Gasteiger partial charge in [-0.05, 0) is 12.1 Å². The molecule has 1 aromatic carbocycles. The number of ether oxygens (including phenoxy) is 1. The normalized spacial score (nSPS) is 18.8. The third-order valence-electron chi connectivity index (χ3n) is 3.02. The largest absolute Gasteiger partial charge is 0.487 e. The van der Waals surface area contributed by atoms with Crippen LogP contribution in [0.3, 0.4) is 0 Å². The molecule has 1 N–H and O–H groups in total. The van der Waals surface area contributed by atoms with Gasteiger partial charge in [-0.25, -0.2) is 8.78 Å². The number of nitrogens with zero attached hydrogens (tertiary/aromatic N) is 1. The Kier molecular flexibility index (Phi) is 3.96. The Morgan fingerprint density at radius 3 is 2.41 bits per heavy atom. The van der Waals surface area contributed by atoms with Gasteiger partial charge in [0.25, 0.3) is 12.3 Å². The Labute approximate surface area is 119 Å². The van der Waals surface area contributed by atoms with E-state index in [0.29, 0.717) is 12.1 Å². The zero-order valence-electron chi connectivity index (χ0n) is 10.6. The van der Waals surface area contributed by atoms with Crippen LogP contribution in [0.25, 0.3) is 0 Å². The highest BCUT2D eigenvalue weighted by Gasteiger charge is 2.51. The van der Waals surface area contributed by atoms with Gasteiger partial charge < -0.3 is 9.94 Å². The summed E-state index contributed by atoms with van der Waals surface area (Å²) in [6.45, 7) is -1.16. The molecule has 2 rings (SSSR count). The fourth-order valence-electron chi connectivity index (χ4n) is 2.21. The highest BCUT2D eigenvalue weighted by atomic mass is 19.4. The second-order valence-electron chi connectivity index (χ2n) is 4.49. The summed E-state index contributed by atoms with van der Waals surface area (Å²) in [4.78, 5) is 0. The van der Waals surface area contributed by atoms with Crippen molar-refractivity contribution in [2.75, 3.05) is 6.61 Å². The number of oxime groups is 1. The van der Waals surface area contributed by atoms with Crippen molar-refractivity contribution in [1.82, 2.24) is 0 Å². The van der Waals surface area contributed by atoms with Gasteiger partial charge in [-0.2, -0.15) is 22.0 Å². The second kappa shape index (κ2) is 5.33. The lowest BCUT2D eigenvalue weighted by molar-refractivity contribution is -0.137. The van der Waals surface area contributed by atoms with Crippen LogP contribution in [0.2, 0.25) is 0 Å². The van der Waals surface area contributed by atoms with Gasteiger partial charge in [-0.3, -0.25) is 0 Å². The number of fused-ring (bicyclic) bond motifs is 1. The minimum Gasteiger partial charge on any atom is -0.487 e. The quantitative estimate of drug-likeness (QED) is 0.521. The summed E-state index contributed by atoms with van der Waals surface area (Å²) in [5.41, 5.74) is -4.56. The molecule has 0 aliphatic heterocycles. The molecule has 0 aromatic heterocycles. The van der Waals surface area contributed by atoms with Gasteiger partial charge in [0.15, 0.2) is 5.71 Å². The maximum atomic E-state index is 13.7. The third-order valence-corrected chi connectivity index (χ3v) is 3.02. The van der Waals surface area contributed by atoms with Gasteiger partial charge >= 0.3 is 6.18 Å². The zero-order chi connectivity index (χ0) is 16.7. The standard InChI is InChI=1S/C12H8F7NO2/c13-8(14)4-22-7-2-1-6(12(17,18)19)9-5(7)3-11(15,16)10(9)20-21/h1-2,8,21H,3-4H2/b20-10-. The van der Waals surface area contributed by atoms with E-state index in [4.69, 9.17) is 5.21 Å². The maximum Gasteiger partial charge on any atom is 0.417 e. The van der Waals surface area contributed by atoms with E-state index < -0.39 is 59.7 Å². The molecular formula is C12H8F7NO2. The van der Waals surface area contributed by atoms with Crippen LogP contribution in [-0.2, 0) is 12.6 Å². The molecule has 0 spiro atoms. The minimum atomic E-state index is -4.98. The van der Waals surface area contributed by atoms with E-state index in [1.54, 1.807) is 0 Å². The molecule has 0 fully saturated rings. The molecule has 1 aliphatic rings. The van der Waals surface area contributed by atoms with Crippen LogP contribution >= 0.6 is 0 Å². The highest BCUT2D eigenvalue weighted by Crippen LogP contribution is 2.45. The van der Waals surface area contributed by atoms with Crippen LogP contribution < -0.4 is 4.74 Å². The van der Waals surface area contributed by atoms with Gasteiger partial charge in [0.05, 0.1) is 5.56 Å². The molecule has 0 atom stereocenters. The van der Waals surface area contributed by atoms with Crippen LogP contribution in [-0.4, -0.2) is 29.9 Å². The van der Waals surface area contributed by atoms with Crippen LogP contribution in [0.15, 0.2) is 17.3 Å². The fraction of sp³-hybridized carbons (Fsp3) is 0.417. The van der Waals surface area contributed by atoms with Gasteiger partial charge in [0, 0.05) is 17.5 Å². The van der Waals surface area contributed by atoms with E-state index in [1.165, 1.54) is 0 Å². The molecule has 22 heavy (non-hydrogen) atoms. The van der Waals surface area contributed by atoms with Crippen molar-refractivity contribution in [3.05, 3.63) is 28.8 Å². The lowest BCUT2D eigenvalue weighted by atomic mass is 10.0. The van der Waals surface area contributed by atoms with Gasteiger partial charge in [0.1, 0.15) is 12.4 Å². The maximum absolute atomic E-state index is 13.7. The fourth-order valence-corrected chi connectivity index (χ4v) is 2.21. The zero-order valence-corrected chi connectivity index (χ0v) is 10.6. The first kappa shape index (κ1) is 16.4. The predicted molar refractivity (Wildman–Crippen MR) is 59.9 cm³/mol. The Morgan fingerprint density at radius 1 is 1.27 bits per heavy atom. The van der Waals surface area contributed by atoms with Crippen molar-refractivity contribution >= 4 is 5.71 Å². The number of alkyl halides is 7. The number of rotatable bonds is 3. The molecule has 3 nitrogen and oxygen atoms in total. The Balaban J connectivity index is 2.61. The molecule has 0 radical (unpaired) electrons. The van der Waals surface area contributed by atoms with Crippen LogP contribution in [0.1, 0.15) is 16.7 Å². The molecule has 1 aromatic rings. The molecular weight excluding hydrogens is 323 g/mol. The number of benzene rings is 1. The van der Waals surface area contributed by atoms with Crippen molar-refractivity contribution in [3.63, 3.8) is 0 Å². The molecule has 0 saturated heterocycles. The van der Waals surface area contributed by atoms with Gasteiger partial charge in [0.2, 0.25) is 0 Å². The summed E-state index contributed by atoms with van der Waals surface area (Å²) < 4.78 is 94.9. The first-order chi connectivity index (χ1) is 10.1. The monoisotopic (exact) mass is 331 g/mol. The van der Waals surface area contributed by atoms with E-state index >= 15 is 0 Å². The van der Waals surface area contributed by atoms with Crippen LogP contribution in [0.4, 0.5) is 30.7 Å². The first-order valence-corrected chi connectivity index (χ1v) is 5.82. The summed E-state index contributed by atoms with van der Waals surface area (Å²) in [5, 5.41) is 10.9. The van der Waals surface area contributed by atoms with E-state index in [-0.39, 0.29) is 0 Å². The summed E-state index contributed by atoms with van der Waals surface area (Å²) in [5.74, 6) is -4.39. The SMILES string of the molecule is O/N=C1/c2c(C(F)(F)F)ccc(OCC(F)F)c2CC1(F)F. The Bertz CT molecular complexity index is 610. The molecule has 122 valence electrons. The lowest BCUT2D eigenvalue weighted by Gasteiger charge is -2.15. The average Bonchev–Trinajstić information content (AvgIpc) is 2.64. The number of hydrogen-bond donors (Lipinski definition) is 1. The molecule has 0 bridgehead atoms. The molecule has 0 amide bonds. The van der Waals surface area contributed by atoms with Crippen molar-refractivity contribution in [2.45, 2.75) is 24.9 Å². The summed E-state index contributed by atoms with van der Waals surface area (Å²) in [6.07, 6.45) is -9.14. The summed E-state index contributed by atoms with van der Waals surface area (Å²) in [7, 11) is 0. The van der Waals surface area contributed by atoms with Crippen LogP contribution in [0, 0.1) is 0 Å². The van der Waals surface area contributed by atoms with Gasteiger partial charge in [-0.15, -0.1) is 0 Å². The highest BCUT2D eigenvalue weighted by molar-refractivity contribution is 6.11. The van der Waals surface area contributed by atoms with E-state index in [9.17, 15) is 30.7 Å². The van der Waals surface area contributed by atoms with Crippen LogP contribution in [0.5, 0.6) is 5.75 Å². The molecule has 10 heteroatoms. The van der Waals surface area contributed by atoms with Gasteiger partial charge in [-0.1, -0.05) is 5.16 Å². The lowest BCUT2D eigenvalue weighted by Crippen LogP contribution is -2.26. The smallest absolute Gasteiger partial charge is 0.417 e. The molecule has 0 unspecified atom stereocenters. The average molecular weight is 331 g/mol. The Morgan fingerprint density at radius 2 is 1.91 bits per heavy atom. The molecule has 0 saturated carbocycles. The number of halogens is 7.